The van der Waals surface area contributed by atoms with Crippen molar-refractivity contribution < 1.29 is 37.0 Å². The van der Waals surface area contributed by atoms with Crippen molar-refractivity contribution in [3.8, 4) is 11.5 Å². The molecule has 0 spiro atoms. The van der Waals surface area contributed by atoms with Crippen molar-refractivity contribution >= 4 is 17.6 Å². The number of carbonyl (C=O) groups is 2. The van der Waals surface area contributed by atoms with Gasteiger partial charge in [-0.25, -0.2) is 0 Å². The number of halogens is 3. The van der Waals surface area contributed by atoms with E-state index >= 15 is 0 Å². The summed E-state index contributed by atoms with van der Waals surface area (Å²) in [5.74, 6) is -0.977. The fraction of sp³-hybridized carbons (Fsp3) is 0.263. The number of rotatable bonds is 7. The average Bonchev–Trinajstić information content (AvgIpc) is 2.62. The van der Waals surface area contributed by atoms with Gasteiger partial charge < -0.3 is 19.5 Å². The molecule has 1 N–H and O–H groups in total. The molecule has 28 heavy (non-hydrogen) atoms. The molecule has 0 heterocycles. The first kappa shape index (κ1) is 21.1. The zero-order valence-electron chi connectivity index (χ0n) is 15.1. The predicted octanol–water partition coefficient (Wildman–Crippen LogP) is 3.71. The maximum Gasteiger partial charge on any atom is 0.573 e. The summed E-state index contributed by atoms with van der Waals surface area (Å²) < 4.78 is 50.2. The fourth-order valence-corrected chi connectivity index (χ4v) is 2.19. The Morgan fingerprint density at radius 3 is 2.11 bits per heavy atom. The second kappa shape index (κ2) is 9.12. The second-order valence-electron chi connectivity index (χ2n) is 5.72. The number of esters is 1. The molecule has 0 radical (unpaired) electrons. The number of carbonyl (C=O) groups excluding carboxylic acids is 2. The van der Waals surface area contributed by atoms with Crippen molar-refractivity contribution in [2.75, 3.05) is 12.4 Å². The number of ether oxygens (including phenoxy) is 3. The lowest BCUT2D eigenvalue weighted by Gasteiger charge is -2.14. The van der Waals surface area contributed by atoms with Crippen LogP contribution in [0.15, 0.2) is 48.5 Å². The summed E-state index contributed by atoms with van der Waals surface area (Å²) in [6, 6.07) is 11.4. The molecule has 2 rings (SSSR count). The minimum absolute atomic E-state index is 0.0227. The molecule has 1 unspecified atom stereocenters. The molecule has 0 aromatic heterocycles. The Kier molecular flexibility index (Phi) is 6.86. The topological polar surface area (TPSA) is 73.9 Å². The number of nitrogens with one attached hydrogen (secondary N) is 1. The van der Waals surface area contributed by atoms with E-state index in [0.717, 1.165) is 12.1 Å². The summed E-state index contributed by atoms with van der Waals surface area (Å²) >= 11 is 0. The lowest BCUT2D eigenvalue weighted by atomic mass is 10.1. The number of hydrogen-bond donors (Lipinski definition) is 1. The van der Waals surface area contributed by atoms with Crippen LogP contribution in [0.4, 0.5) is 18.9 Å². The first-order chi connectivity index (χ1) is 13.2. The van der Waals surface area contributed by atoms with Crippen molar-refractivity contribution in [1.82, 2.24) is 0 Å². The van der Waals surface area contributed by atoms with Gasteiger partial charge >= 0.3 is 12.3 Å². The van der Waals surface area contributed by atoms with Crippen LogP contribution in [0.3, 0.4) is 0 Å². The van der Waals surface area contributed by atoms with E-state index in [-0.39, 0.29) is 12.1 Å². The van der Waals surface area contributed by atoms with Crippen molar-refractivity contribution in [2.24, 2.45) is 0 Å². The van der Waals surface area contributed by atoms with Gasteiger partial charge in [0.25, 0.3) is 5.91 Å². The number of amides is 1. The van der Waals surface area contributed by atoms with Gasteiger partial charge in [0, 0.05) is 5.69 Å². The Labute approximate surface area is 159 Å². The van der Waals surface area contributed by atoms with Crippen LogP contribution in [0.2, 0.25) is 0 Å². The number of methoxy groups -OCH3 is 1. The normalized spacial score (nSPS) is 12.0. The third-order valence-electron chi connectivity index (χ3n) is 3.54. The minimum Gasteiger partial charge on any atom is -0.497 e. The van der Waals surface area contributed by atoms with Crippen molar-refractivity contribution in [2.45, 2.75) is 25.8 Å². The molecular formula is C19H18F3NO5. The third kappa shape index (κ3) is 6.82. The highest BCUT2D eigenvalue weighted by Crippen LogP contribution is 2.24. The zero-order valence-corrected chi connectivity index (χ0v) is 15.1. The number of alkyl halides is 3. The molecule has 1 amide bonds. The standard InChI is InChI=1S/C19H18F3NO5/c1-12(27-17(24)11-13-3-7-15(26-2)8-4-13)18(25)23-14-5-9-16(10-6-14)28-19(20,21)22/h3-10,12H,11H2,1-2H3,(H,23,25). The molecule has 2 aromatic carbocycles. The first-order valence-electron chi connectivity index (χ1n) is 8.15. The Hall–Kier alpha value is -3.23. The largest absolute Gasteiger partial charge is 0.573 e. The Bertz CT molecular complexity index is 804. The molecule has 9 heteroatoms. The molecule has 0 aliphatic heterocycles. The van der Waals surface area contributed by atoms with Crippen LogP contribution in [0.25, 0.3) is 0 Å². The van der Waals surface area contributed by atoms with E-state index in [2.05, 4.69) is 10.1 Å². The predicted molar refractivity (Wildman–Crippen MR) is 94.0 cm³/mol. The quantitative estimate of drug-likeness (QED) is 0.721. The maximum atomic E-state index is 12.1. The van der Waals surface area contributed by atoms with Gasteiger partial charge in [0.2, 0.25) is 0 Å². The molecule has 2 aromatic rings. The Balaban J connectivity index is 1.85. The average molecular weight is 397 g/mol. The van der Waals surface area contributed by atoms with Crippen LogP contribution < -0.4 is 14.8 Å². The van der Waals surface area contributed by atoms with Crippen LogP contribution in [-0.4, -0.2) is 31.5 Å². The smallest absolute Gasteiger partial charge is 0.497 e. The van der Waals surface area contributed by atoms with Gasteiger partial charge in [-0.3, -0.25) is 9.59 Å². The summed E-state index contributed by atoms with van der Waals surface area (Å²) in [4.78, 5) is 24.0. The van der Waals surface area contributed by atoms with Crippen molar-refractivity contribution in [1.29, 1.82) is 0 Å². The summed E-state index contributed by atoms with van der Waals surface area (Å²) in [6.45, 7) is 1.39. The van der Waals surface area contributed by atoms with Gasteiger partial charge in [-0.05, 0) is 48.9 Å². The lowest BCUT2D eigenvalue weighted by molar-refractivity contribution is -0.274. The Morgan fingerprint density at radius 1 is 1.00 bits per heavy atom. The third-order valence-corrected chi connectivity index (χ3v) is 3.54. The molecule has 0 fully saturated rings. The maximum absolute atomic E-state index is 12.1. The van der Waals surface area contributed by atoms with E-state index in [1.165, 1.54) is 26.2 Å². The summed E-state index contributed by atoms with van der Waals surface area (Å²) in [7, 11) is 1.53. The zero-order chi connectivity index (χ0) is 20.7. The molecule has 1 atom stereocenters. The molecule has 0 saturated carbocycles. The second-order valence-corrected chi connectivity index (χ2v) is 5.72. The molecule has 0 aliphatic rings. The van der Waals surface area contributed by atoms with Gasteiger partial charge in [0.05, 0.1) is 13.5 Å². The fourth-order valence-electron chi connectivity index (χ4n) is 2.19. The Morgan fingerprint density at radius 2 is 1.57 bits per heavy atom. The summed E-state index contributed by atoms with van der Waals surface area (Å²) in [5.41, 5.74) is 0.927. The van der Waals surface area contributed by atoms with Crippen LogP contribution in [0, 0.1) is 0 Å². The number of benzene rings is 2. The number of hydrogen-bond acceptors (Lipinski definition) is 5. The molecule has 150 valence electrons. The van der Waals surface area contributed by atoms with E-state index < -0.39 is 30.1 Å². The van der Waals surface area contributed by atoms with Crippen molar-refractivity contribution in [3.63, 3.8) is 0 Å². The summed E-state index contributed by atoms with van der Waals surface area (Å²) in [5, 5.41) is 2.45. The van der Waals surface area contributed by atoms with E-state index in [9.17, 15) is 22.8 Å². The van der Waals surface area contributed by atoms with Crippen LogP contribution in [0.1, 0.15) is 12.5 Å². The van der Waals surface area contributed by atoms with E-state index in [1.807, 2.05) is 0 Å². The number of anilines is 1. The van der Waals surface area contributed by atoms with E-state index in [0.29, 0.717) is 11.3 Å². The van der Waals surface area contributed by atoms with Gasteiger partial charge in [-0.1, -0.05) is 12.1 Å². The summed E-state index contributed by atoms with van der Waals surface area (Å²) in [6.07, 6.45) is -5.90. The lowest BCUT2D eigenvalue weighted by Crippen LogP contribution is -2.30. The highest BCUT2D eigenvalue weighted by Gasteiger charge is 2.31. The van der Waals surface area contributed by atoms with E-state index in [1.54, 1.807) is 24.3 Å². The SMILES string of the molecule is COc1ccc(CC(=O)OC(C)C(=O)Nc2ccc(OC(F)(F)F)cc2)cc1. The molecule has 6 nitrogen and oxygen atoms in total. The van der Waals surface area contributed by atoms with Gasteiger partial charge in [-0.2, -0.15) is 0 Å². The first-order valence-corrected chi connectivity index (χ1v) is 8.15. The molecule has 0 aliphatic carbocycles. The van der Waals surface area contributed by atoms with Gasteiger partial charge in [-0.15, -0.1) is 13.2 Å². The van der Waals surface area contributed by atoms with E-state index in [4.69, 9.17) is 9.47 Å². The highest BCUT2D eigenvalue weighted by atomic mass is 19.4. The minimum atomic E-state index is -4.79. The monoisotopic (exact) mass is 397 g/mol. The van der Waals surface area contributed by atoms with Gasteiger partial charge in [0.15, 0.2) is 6.10 Å². The van der Waals surface area contributed by atoms with Crippen LogP contribution >= 0.6 is 0 Å². The highest BCUT2D eigenvalue weighted by molar-refractivity contribution is 5.95. The van der Waals surface area contributed by atoms with Crippen LogP contribution in [-0.2, 0) is 20.7 Å². The molecule has 0 saturated heterocycles. The van der Waals surface area contributed by atoms with Crippen LogP contribution in [0.5, 0.6) is 11.5 Å². The molecule has 0 bridgehead atoms. The van der Waals surface area contributed by atoms with Crippen molar-refractivity contribution in [3.05, 3.63) is 54.1 Å². The van der Waals surface area contributed by atoms with Gasteiger partial charge in [0.1, 0.15) is 11.5 Å². The molecular weight excluding hydrogens is 379 g/mol.